The molecular formula is C17H24BrNO2Si. The Morgan fingerprint density at radius 1 is 1.23 bits per heavy atom. The topological polar surface area (TPSA) is 42.2 Å². The molecule has 0 heterocycles. The van der Waals surface area contributed by atoms with E-state index in [9.17, 15) is 0 Å². The minimum absolute atomic E-state index is 0.217. The van der Waals surface area contributed by atoms with Crippen LogP contribution in [-0.2, 0) is 4.43 Å². The van der Waals surface area contributed by atoms with E-state index in [1.54, 1.807) is 6.07 Å². The van der Waals surface area contributed by atoms with E-state index in [-0.39, 0.29) is 11.1 Å². The summed E-state index contributed by atoms with van der Waals surface area (Å²) in [6.07, 6.45) is 2.44. The van der Waals surface area contributed by atoms with Crippen LogP contribution < -0.4 is 4.74 Å². The van der Waals surface area contributed by atoms with Crippen molar-refractivity contribution in [2.75, 3.05) is 0 Å². The zero-order chi connectivity index (χ0) is 16.5. The summed E-state index contributed by atoms with van der Waals surface area (Å²) in [4.78, 5) is 0. The van der Waals surface area contributed by atoms with Crippen molar-refractivity contribution in [2.45, 2.75) is 64.0 Å². The van der Waals surface area contributed by atoms with Crippen LogP contribution in [0.15, 0.2) is 22.7 Å². The summed E-state index contributed by atoms with van der Waals surface area (Å²) in [5.41, 5.74) is 0.625. The molecule has 0 radical (unpaired) electrons. The van der Waals surface area contributed by atoms with Crippen molar-refractivity contribution in [1.29, 1.82) is 5.26 Å². The third-order valence-electron chi connectivity index (χ3n) is 4.68. The van der Waals surface area contributed by atoms with Crippen molar-refractivity contribution in [3.05, 3.63) is 28.2 Å². The van der Waals surface area contributed by atoms with Gasteiger partial charge < -0.3 is 9.16 Å². The molecule has 0 aliphatic heterocycles. The van der Waals surface area contributed by atoms with Crippen molar-refractivity contribution in [2.24, 2.45) is 0 Å². The Kier molecular flexibility index (Phi) is 5.05. The van der Waals surface area contributed by atoms with Crippen LogP contribution in [-0.4, -0.2) is 20.5 Å². The van der Waals surface area contributed by atoms with Crippen LogP contribution in [0.5, 0.6) is 5.75 Å². The van der Waals surface area contributed by atoms with Crippen LogP contribution in [0.3, 0.4) is 0 Å². The summed E-state index contributed by atoms with van der Waals surface area (Å²) < 4.78 is 13.1. The molecule has 0 atom stereocenters. The Bertz CT molecular complexity index is 583. The summed E-state index contributed by atoms with van der Waals surface area (Å²) in [7, 11) is -1.68. The molecule has 1 aliphatic rings. The maximum atomic E-state index is 8.92. The largest absolute Gasteiger partial charge is 0.490 e. The molecule has 120 valence electrons. The summed E-state index contributed by atoms with van der Waals surface area (Å²) in [6.45, 7) is 11.4. The van der Waals surface area contributed by atoms with E-state index >= 15 is 0 Å². The Balaban J connectivity index is 1.85. The fourth-order valence-electron chi connectivity index (χ4n) is 2.16. The SMILES string of the molecule is CC(C)(C)[Si](C)(C)OC1CC(Oc2ccc(C#N)c(Br)c2)C1. The molecule has 0 aromatic heterocycles. The lowest BCUT2D eigenvalue weighted by Gasteiger charge is -2.44. The Hall–Kier alpha value is -0.833. The fourth-order valence-corrected chi connectivity index (χ4v) is 3.98. The third kappa shape index (κ3) is 3.92. The van der Waals surface area contributed by atoms with Gasteiger partial charge in [0.25, 0.3) is 0 Å². The Morgan fingerprint density at radius 3 is 2.36 bits per heavy atom. The van der Waals surface area contributed by atoms with Crippen molar-refractivity contribution >= 4 is 24.2 Å². The molecule has 1 aromatic rings. The number of ether oxygens (including phenoxy) is 1. The molecule has 0 bridgehead atoms. The van der Waals surface area contributed by atoms with Gasteiger partial charge in [-0.3, -0.25) is 0 Å². The highest BCUT2D eigenvalue weighted by atomic mass is 79.9. The number of halogens is 1. The van der Waals surface area contributed by atoms with Crippen LogP contribution in [0, 0.1) is 11.3 Å². The maximum absolute atomic E-state index is 8.92. The summed E-state index contributed by atoms with van der Waals surface area (Å²) in [5.74, 6) is 0.807. The van der Waals surface area contributed by atoms with Gasteiger partial charge in [-0.25, -0.2) is 0 Å². The minimum atomic E-state index is -1.68. The van der Waals surface area contributed by atoms with Gasteiger partial charge in [0.05, 0.1) is 11.7 Å². The normalized spacial score (nSPS) is 21.9. The summed E-state index contributed by atoms with van der Waals surface area (Å²) >= 11 is 3.39. The number of hydrogen-bond donors (Lipinski definition) is 0. The first-order chi connectivity index (χ1) is 10.1. The predicted octanol–water partition coefficient (Wildman–Crippen LogP) is 5.25. The van der Waals surface area contributed by atoms with E-state index in [0.717, 1.165) is 23.1 Å². The van der Waals surface area contributed by atoms with Crippen molar-refractivity contribution in [1.82, 2.24) is 0 Å². The highest BCUT2D eigenvalue weighted by molar-refractivity contribution is 9.10. The molecular weight excluding hydrogens is 358 g/mol. The van der Waals surface area contributed by atoms with Gasteiger partial charge in [-0.05, 0) is 52.3 Å². The quantitative estimate of drug-likeness (QED) is 0.668. The van der Waals surface area contributed by atoms with Gasteiger partial charge in [-0.1, -0.05) is 20.8 Å². The van der Waals surface area contributed by atoms with Crippen LogP contribution in [0.4, 0.5) is 0 Å². The first kappa shape index (κ1) is 17.5. The molecule has 1 saturated carbocycles. The average Bonchev–Trinajstić information content (AvgIpc) is 2.35. The second kappa shape index (κ2) is 6.35. The van der Waals surface area contributed by atoms with Crippen molar-refractivity contribution in [3.63, 3.8) is 0 Å². The Morgan fingerprint density at radius 2 is 1.86 bits per heavy atom. The van der Waals surface area contributed by atoms with Crippen LogP contribution in [0.1, 0.15) is 39.2 Å². The third-order valence-corrected chi connectivity index (χ3v) is 9.87. The first-order valence-corrected chi connectivity index (χ1v) is 11.4. The number of rotatable bonds is 4. The van der Waals surface area contributed by atoms with E-state index in [2.05, 4.69) is 55.9 Å². The lowest BCUT2D eigenvalue weighted by Crippen LogP contribution is -2.50. The van der Waals surface area contributed by atoms with Gasteiger partial charge in [0.2, 0.25) is 0 Å². The molecule has 0 saturated heterocycles. The van der Waals surface area contributed by atoms with E-state index in [1.807, 2.05) is 12.1 Å². The predicted molar refractivity (Wildman–Crippen MR) is 94.6 cm³/mol. The molecule has 22 heavy (non-hydrogen) atoms. The molecule has 2 rings (SSSR count). The molecule has 1 fully saturated rings. The number of benzene rings is 1. The van der Waals surface area contributed by atoms with Gasteiger partial charge in [0.1, 0.15) is 17.9 Å². The zero-order valence-electron chi connectivity index (χ0n) is 13.9. The second-order valence-corrected chi connectivity index (χ2v) is 13.1. The Labute approximate surface area is 142 Å². The van der Waals surface area contributed by atoms with Crippen LogP contribution >= 0.6 is 15.9 Å². The first-order valence-electron chi connectivity index (χ1n) is 7.66. The lowest BCUT2D eigenvalue weighted by molar-refractivity contribution is -0.00315. The molecule has 3 nitrogen and oxygen atoms in total. The van der Waals surface area contributed by atoms with Crippen molar-refractivity contribution < 1.29 is 9.16 Å². The smallest absolute Gasteiger partial charge is 0.192 e. The highest BCUT2D eigenvalue weighted by Gasteiger charge is 2.43. The standard InChI is InChI=1S/C17H24BrNO2Si/c1-17(2,3)22(4,5)21-15-8-14(9-15)20-13-7-6-12(11-19)16(18)10-13/h6-7,10,14-15H,8-9H2,1-5H3. The van der Waals surface area contributed by atoms with E-state index < -0.39 is 8.32 Å². The van der Waals surface area contributed by atoms with E-state index in [0.29, 0.717) is 11.7 Å². The van der Waals surface area contributed by atoms with Gasteiger partial charge in [-0.2, -0.15) is 5.26 Å². The molecule has 1 aliphatic carbocycles. The molecule has 0 N–H and O–H groups in total. The zero-order valence-corrected chi connectivity index (χ0v) is 16.5. The fraction of sp³-hybridized carbons (Fsp3) is 0.588. The van der Waals surface area contributed by atoms with Crippen LogP contribution in [0.2, 0.25) is 18.1 Å². The van der Waals surface area contributed by atoms with Gasteiger partial charge in [-0.15, -0.1) is 0 Å². The highest BCUT2D eigenvalue weighted by Crippen LogP contribution is 2.40. The summed E-state index contributed by atoms with van der Waals surface area (Å²) in [6, 6.07) is 7.63. The average molecular weight is 382 g/mol. The lowest BCUT2D eigenvalue weighted by atomic mass is 9.92. The second-order valence-electron chi connectivity index (χ2n) is 7.46. The number of nitrogens with zero attached hydrogens (tertiary/aromatic N) is 1. The molecule has 5 heteroatoms. The number of nitriles is 1. The van der Waals surface area contributed by atoms with Crippen molar-refractivity contribution in [3.8, 4) is 11.8 Å². The van der Waals surface area contributed by atoms with E-state index in [4.69, 9.17) is 14.4 Å². The molecule has 1 aromatic carbocycles. The summed E-state index contributed by atoms with van der Waals surface area (Å²) in [5, 5.41) is 9.17. The minimum Gasteiger partial charge on any atom is -0.490 e. The molecule has 0 unspecified atom stereocenters. The molecule has 0 spiro atoms. The van der Waals surface area contributed by atoms with Crippen LogP contribution in [0.25, 0.3) is 0 Å². The van der Waals surface area contributed by atoms with Gasteiger partial charge in [0.15, 0.2) is 8.32 Å². The van der Waals surface area contributed by atoms with E-state index in [1.165, 1.54) is 0 Å². The monoisotopic (exact) mass is 381 g/mol. The molecule has 0 amide bonds. The van der Waals surface area contributed by atoms with Gasteiger partial charge in [0, 0.05) is 17.3 Å². The number of hydrogen-bond acceptors (Lipinski definition) is 3. The van der Waals surface area contributed by atoms with Gasteiger partial charge >= 0.3 is 0 Å². The maximum Gasteiger partial charge on any atom is 0.192 e.